The van der Waals surface area contributed by atoms with Gasteiger partial charge in [-0.05, 0) is 61.5 Å². The van der Waals surface area contributed by atoms with Crippen molar-refractivity contribution in [3.05, 3.63) is 82.9 Å². The van der Waals surface area contributed by atoms with Gasteiger partial charge in [0.05, 0.1) is 0 Å². The Labute approximate surface area is 168 Å². The van der Waals surface area contributed by atoms with Crippen molar-refractivity contribution in [2.75, 3.05) is 17.2 Å². The highest BCUT2D eigenvalue weighted by atomic mass is 35.5. The van der Waals surface area contributed by atoms with E-state index in [0.29, 0.717) is 17.3 Å². The number of ether oxygens (including phenoxy) is 1. The normalized spacial score (nSPS) is 10.4. The summed E-state index contributed by atoms with van der Waals surface area (Å²) in [5.41, 5.74) is 3.52. The van der Waals surface area contributed by atoms with Crippen molar-refractivity contribution in [3.63, 3.8) is 0 Å². The van der Waals surface area contributed by atoms with E-state index in [1.54, 1.807) is 42.5 Å². The summed E-state index contributed by atoms with van der Waals surface area (Å²) in [5.74, 6) is 0.544. The minimum atomic E-state index is -0.240. The smallest absolute Gasteiger partial charge is 0.262 e. The number of phenols is 1. The topological polar surface area (TPSA) is 70.6 Å². The summed E-state index contributed by atoms with van der Waals surface area (Å²) < 4.78 is 5.71. The molecule has 144 valence electrons. The van der Waals surface area contributed by atoms with Gasteiger partial charge in [-0.15, -0.1) is 0 Å². The highest BCUT2D eigenvalue weighted by Crippen LogP contribution is 2.24. The number of halogens is 1. The van der Waals surface area contributed by atoms with Crippen LogP contribution in [0.4, 0.5) is 11.4 Å². The first-order valence-corrected chi connectivity index (χ1v) is 9.18. The highest BCUT2D eigenvalue weighted by molar-refractivity contribution is 6.30. The van der Waals surface area contributed by atoms with E-state index >= 15 is 0 Å². The predicted molar refractivity (Wildman–Crippen MR) is 112 cm³/mol. The van der Waals surface area contributed by atoms with Crippen LogP contribution in [0.3, 0.4) is 0 Å². The quantitative estimate of drug-likeness (QED) is 0.492. The molecule has 0 heterocycles. The molecule has 0 bridgehead atoms. The second kappa shape index (κ2) is 9.15. The van der Waals surface area contributed by atoms with Crippen LogP contribution in [-0.2, 0) is 11.3 Å². The van der Waals surface area contributed by atoms with Gasteiger partial charge in [-0.1, -0.05) is 29.3 Å². The zero-order valence-corrected chi connectivity index (χ0v) is 16.2. The maximum atomic E-state index is 12.2. The van der Waals surface area contributed by atoms with E-state index in [0.717, 1.165) is 22.5 Å². The van der Waals surface area contributed by atoms with Gasteiger partial charge in [-0.3, -0.25) is 4.79 Å². The third-order valence-corrected chi connectivity index (χ3v) is 4.30. The summed E-state index contributed by atoms with van der Waals surface area (Å²) >= 11 is 6.11. The fraction of sp³-hybridized carbons (Fsp3) is 0.136. The van der Waals surface area contributed by atoms with Gasteiger partial charge in [-0.25, -0.2) is 0 Å². The Hall–Kier alpha value is -3.18. The number of benzene rings is 3. The molecule has 0 unspecified atom stereocenters. The van der Waals surface area contributed by atoms with Gasteiger partial charge in [0.15, 0.2) is 6.61 Å². The summed E-state index contributed by atoms with van der Waals surface area (Å²) in [4.78, 5) is 12.2. The summed E-state index contributed by atoms with van der Waals surface area (Å²) in [6, 6.07) is 19.6. The number of anilines is 2. The molecular formula is C22H21ClN2O3. The lowest BCUT2D eigenvalue weighted by Crippen LogP contribution is -2.20. The number of hydrogen-bond acceptors (Lipinski definition) is 4. The van der Waals surface area contributed by atoms with Gasteiger partial charge in [-0.2, -0.15) is 0 Å². The lowest BCUT2D eigenvalue weighted by molar-refractivity contribution is -0.118. The Morgan fingerprint density at radius 1 is 1.00 bits per heavy atom. The molecule has 0 aliphatic heterocycles. The van der Waals surface area contributed by atoms with Crippen molar-refractivity contribution in [2.45, 2.75) is 13.5 Å². The van der Waals surface area contributed by atoms with E-state index in [-0.39, 0.29) is 18.3 Å². The fourth-order valence-corrected chi connectivity index (χ4v) is 2.78. The molecule has 0 saturated carbocycles. The van der Waals surface area contributed by atoms with Gasteiger partial charge in [0, 0.05) is 28.5 Å². The second-order valence-corrected chi connectivity index (χ2v) is 6.79. The summed E-state index contributed by atoms with van der Waals surface area (Å²) in [5, 5.41) is 16.0. The van der Waals surface area contributed by atoms with E-state index in [9.17, 15) is 9.90 Å². The molecule has 3 N–H and O–H groups in total. The molecule has 0 saturated heterocycles. The molecular weight excluding hydrogens is 376 g/mol. The Bertz CT molecular complexity index is 941. The van der Waals surface area contributed by atoms with Crippen molar-refractivity contribution in [1.82, 2.24) is 0 Å². The van der Waals surface area contributed by atoms with Crippen LogP contribution >= 0.6 is 11.6 Å². The van der Waals surface area contributed by atoms with Crippen LogP contribution in [0.15, 0.2) is 66.7 Å². The van der Waals surface area contributed by atoms with Gasteiger partial charge < -0.3 is 20.5 Å². The molecule has 3 aromatic carbocycles. The van der Waals surface area contributed by atoms with Crippen LogP contribution in [0.1, 0.15) is 11.1 Å². The zero-order chi connectivity index (χ0) is 19.9. The first-order chi connectivity index (χ1) is 13.5. The maximum absolute atomic E-state index is 12.2. The number of aryl methyl sites for hydroxylation is 1. The Morgan fingerprint density at radius 2 is 1.68 bits per heavy atom. The van der Waals surface area contributed by atoms with E-state index in [1.807, 2.05) is 31.2 Å². The SMILES string of the molecule is Cc1ccc(NC(=O)COc2ccc(Cl)cc2CNc2ccc(O)cc2)cc1. The molecule has 0 fully saturated rings. The third kappa shape index (κ3) is 5.66. The van der Waals surface area contributed by atoms with Crippen molar-refractivity contribution in [2.24, 2.45) is 0 Å². The van der Waals surface area contributed by atoms with Crippen LogP contribution in [0.25, 0.3) is 0 Å². The van der Waals surface area contributed by atoms with E-state index in [4.69, 9.17) is 16.3 Å². The molecule has 0 atom stereocenters. The number of amides is 1. The van der Waals surface area contributed by atoms with E-state index in [1.165, 1.54) is 0 Å². The predicted octanol–water partition coefficient (Wildman–Crippen LogP) is 4.98. The number of carbonyl (C=O) groups is 1. The molecule has 0 aliphatic rings. The molecule has 28 heavy (non-hydrogen) atoms. The first-order valence-electron chi connectivity index (χ1n) is 8.80. The van der Waals surface area contributed by atoms with E-state index < -0.39 is 0 Å². The van der Waals surface area contributed by atoms with Crippen molar-refractivity contribution < 1.29 is 14.6 Å². The van der Waals surface area contributed by atoms with Crippen LogP contribution in [0.2, 0.25) is 5.02 Å². The van der Waals surface area contributed by atoms with Crippen molar-refractivity contribution >= 4 is 28.9 Å². The lowest BCUT2D eigenvalue weighted by atomic mass is 10.2. The standard InChI is InChI=1S/C22H21ClN2O3/c1-15-2-5-19(6-3-15)25-22(27)14-28-21-11-4-17(23)12-16(21)13-24-18-7-9-20(26)10-8-18/h2-12,24,26H,13-14H2,1H3,(H,25,27). The molecule has 0 radical (unpaired) electrons. The van der Waals surface area contributed by atoms with Crippen molar-refractivity contribution in [3.8, 4) is 11.5 Å². The first kappa shape index (κ1) is 19.6. The molecule has 1 amide bonds. The summed E-state index contributed by atoms with van der Waals surface area (Å²) in [6.07, 6.45) is 0. The number of rotatable bonds is 7. The zero-order valence-electron chi connectivity index (χ0n) is 15.4. The average Bonchev–Trinajstić information content (AvgIpc) is 2.68. The Morgan fingerprint density at radius 3 is 2.39 bits per heavy atom. The third-order valence-electron chi connectivity index (χ3n) is 4.07. The molecule has 3 aromatic rings. The summed E-state index contributed by atoms with van der Waals surface area (Å²) in [6.45, 7) is 2.34. The monoisotopic (exact) mass is 396 g/mol. The van der Waals surface area contributed by atoms with Gasteiger partial charge in [0.2, 0.25) is 0 Å². The molecule has 6 heteroatoms. The Balaban J connectivity index is 1.60. The van der Waals surface area contributed by atoms with Gasteiger partial charge in [0.25, 0.3) is 5.91 Å². The summed E-state index contributed by atoms with van der Waals surface area (Å²) in [7, 11) is 0. The van der Waals surface area contributed by atoms with Crippen LogP contribution in [0, 0.1) is 6.92 Å². The van der Waals surface area contributed by atoms with Crippen molar-refractivity contribution in [1.29, 1.82) is 0 Å². The van der Waals surface area contributed by atoms with Crippen LogP contribution in [-0.4, -0.2) is 17.6 Å². The minimum absolute atomic E-state index is 0.109. The molecule has 0 aliphatic carbocycles. The number of carbonyl (C=O) groups excluding carboxylic acids is 1. The Kier molecular flexibility index (Phi) is 6.40. The average molecular weight is 397 g/mol. The van der Waals surface area contributed by atoms with Crippen LogP contribution < -0.4 is 15.4 Å². The largest absolute Gasteiger partial charge is 0.508 e. The molecule has 3 rings (SSSR count). The molecule has 0 aromatic heterocycles. The second-order valence-electron chi connectivity index (χ2n) is 6.36. The van der Waals surface area contributed by atoms with E-state index in [2.05, 4.69) is 10.6 Å². The maximum Gasteiger partial charge on any atom is 0.262 e. The van der Waals surface area contributed by atoms with Gasteiger partial charge >= 0.3 is 0 Å². The van der Waals surface area contributed by atoms with Gasteiger partial charge in [0.1, 0.15) is 11.5 Å². The number of phenolic OH excluding ortho intramolecular Hbond substituents is 1. The minimum Gasteiger partial charge on any atom is -0.508 e. The number of aromatic hydroxyl groups is 1. The highest BCUT2D eigenvalue weighted by Gasteiger charge is 2.09. The van der Waals surface area contributed by atoms with Crippen LogP contribution in [0.5, 0.6) is 11.5 Å². The molecule has 5 nitrogen and oxygen atoms in total. The lowest BCUT2D eigenvalue weighted by Gasteiger charge is -2.14. The molecule has 0 spiro atoms. The number of nitrogens with one attached hydrogen (secondary N) is 2. The number of hydrogen-bond donors (Lipinski definition) is 3. The fourth-order valence-electron chi connectivity index (χ4n) is 2.58.